The number of hydrogen-bond acceptors (Lipinski definition) is 3. The standard InChI is InChI=1S/C14H14BrFN2OS/c1-8-12(16)3-9(4-13(8)17)14(19)18(2)6-11-5-10(15)7-20-11/h3-5,7H,6,17H2,1-2H3. The Morgan fingerprint density at radius 3 is 2.70 bits per heavy atom. The van der Waals surface area contributed by atoms with E-state index in [2.05, 4.69) is 15.9 Å². The van der Waals surface area contributed by atoms with Crippen molar-refractivity contribution in [2.24, 2.45) is 0 Å². The predicted octanol–water partition coefficient (Wildman–Crippen LogP) is 3.81. The Morgan fingerprint density at radius 2 is 2.15 bits per heavy atom. The molecule has 3 nitrogen and oxygen atoms in total. The molecule has 0 radical (unpaired) electrons. The molecule has 2 rings (SSSR count). The van der Waals surface area contributed by atoms with Gasteiger partial charge in [0.1, 0.15) is 5.82 Å². The molecule has 0 spiro atoms. The Labute approximate surface area is 129 Å². The van der Waals surface area contributed by atoms with E-state index in [1.165, 1.54) is 12.1 Å². The van der Waals surface area contributed by atoms with E-state index >= 15 is 0 Å². The van der Waals surface area contributed by atoms with Crippen molar-refractivity contribution >= 4 is 38.9 Å². The molecule has 0 atom stereocenters. The van der Waals surface area contributed by atoms with Gasteiger partial charge in [0.2, 0.25) is 0 Å². The van der Waals surface area contributed by atoms with Gasteiger partial charge in [-0.3, -0.25) is 4.79 Å². The number of carbonyl (C=O) groups is 1. The molecule has 0 unspecified atom stereocenters. The third-order valence-electron chi connectivity index (χ3n) is 2.99. The zero-order chi connectivity index (χ0) is 14.9. The van der Waals surface area contributed by atoms with E-state index in [-0.39, 0.29) is 11.5 Å². The predicted molar refractivity (Wildman–Crippen MR) is 83.4 cm³/mol. The molecule has 1 aromatic heterocycles. The van der Waals surface area contributed by atoms with Gasteiger partial charge >= 0.3 is 0 Å². The molecule has 1 amide bonds. The summed E-state index contributed by atoms with van der Waals surface area (Å²) in [6, 6.07) is 4.70. The minimum atomic E-state index is -0.458. The van der Waals surface area contributed by atoms with Crippen molar-refractivity contribution in [1.82, 2.24) is 4.90 Å². The number of nitrogen functional groups attached to an aromatic ring is 1. The second-order valence-corrected chi connectivity index (χ2v) is 6.48. The third kappa shape index (κ3) is 3.19. The minimum absolute atomic E-state index is 0.250. The first-order valence-corrected chi connectivity index (χ1v) is 7.59. The summed E-state index contributed by atoms with van der Waals surface area (Å²) in [6.07, 6.45) is 0. The number of halogens is 2. The van der Waals surface area contributed by atoms with Crippen LogP contribution in [0.2, 0.25) is 0 Å². The number of benzene rings is 1. The van der Waals surface area contributed by atoms with Crippen molar-refractivity contribution in [3.8, 4) is 0 Å². The lowest BCUT2D eigenvalue weighted by Crippen LogP contribution is -2.26. The highest BCUT2D eigenvalue weighted by Gasteiger charge is 2.16. The maximum absolute atomic E-state index is 13.6. The second kappa shape index (κ2) is 5.93. The molecule has 106 valence electrons. The molecule has 0 aliphatic rings. The van der Waals surface area contributed by atoms with E-state index in [9.17, 15) is 9.18 Å². The van der Waals surface area contributed by atoms with Crippen LogP contribution in [-0.2, 0) is 6.54 Å². The molecule has 20 heavy (non-hydrogen) atoms. The topological polar surface area (TPSA) is 46.3 Å². The van der Waals surface area contributed by atoms with Crippen LogP contribution in [0, 0.1) is 12.7 Å². The largest absolute Gasteiger partial charge is 0.398 e. The fourth-order valence-electron chi connectivity index (χ4n) is 1.79. The number of nitrogens with zero attached hydrogens (tertiary/aromatic N) is 1. The first kappa shape index (κ1) is 15.0. The van der Waals surface area contributed by atoms with Gasteiger partial charge < -0.3 is 10.6 Å². The van der Waals surface area contributed by atoms with Crippen molar-refractivity contribution in [2.75, 3.05) is 12.8 Å². The Morgan fingerprint density at radius 1 is 1.45 bits per heavy atom. The highest BCUT2D eigenvalue weighted by Crippen LogP contribution is 2.22. The van der Waals surface area contributed by atoms with Gasteiger partial charge in [-0.15, -0.1) is 11.3 Å². The summed E-state index contributed by atoms with van der Waals surface area (Å²) >= 11 is 4.93. The third-order valence-corrected chi connectivity index (χ3v) is 4.68. The number of anilines is 1. The van der Waals surface area contributed by atoms with Gasteiger partial charge in [-0.1, -0.05) is 0 Å². The van der Waals surface area contributed by atoms with Crippen molar-refractivity contribution in [3.63, 3.8) is 0 Å². The van der Waals surface area contributed by atoms with Gasteiger partial charge in [0.15, 0.2) is 0 Å². The van der Waals surface area contributed by atoms with Crippen molar-refractivity contribution in [1.29, 1.82) is 0 Å². The lowest BCUT2D eigenvalue weighted by molar-refractivity contribution is 0.0786. The van der Waals surface area contributed by atoms with Crippen LogP contribution in [0.25, 0.3) is 0 Å². The van der Waals surface area contributed by atoms with Gasteiger partial charge in [-0.25, -0.2) is 4.39 Å². The summed E-state index contributed by atoms with van der Waals surface area (Å²) in [5.41, 5.74) is 6.63. The number of thiophene rings is 1. The van der Waals surface area contributed by atoms with Gasteiger partial charge in [0.25, 0.3) is 5.91 Å². The summed E-state index contributed by atoms with van der Waals surface area (Å²) in [6.45, 7) is 2.07. The first-order chi connectivity index (χ1) is 9.38. The molecular formula is C14H14BrFN2OS. The monoisotopic (exact) mass is 356 g/mol. The van der Waals surface area contributed by atoms with E-state index in [1.54, 1.807) is 30.2 Å². The van der Waals surface area contributed by atoms with Crippen LogP contribution in [0.3, 0.4) is 0 Å². The SMILES string of the molecule is Cc1c(N)cc(C(=O)N(C)Cc2cc(Br)cs2)cc1F. The summed E-state index contributed by atoms with van der Waals surface area (Å²) in [5.74, 6) is -0.708. The molecule has 2 aromatic rings. The van der Waals surface area contributed by atoms with Crippen LogP contribution >= 0.6 is 27.3 Å². The molecule has 0 aliphatic heterocycles. The summed E-state index contributed by atoms with van der Waals surface area (Å²) in [7, 11) is 1.68. The second-order valence-electron chi connectivity index (χ2n) is 4.56. The normalized spacial score (nSPS) is 10.6. The van der Waals surface area contributed by atoms with Crippen LogP contribution < -0.4 is 5.73 Å². The van der Waals surface area contributed by atoms with Crippen LogP contribution in [0.4, 0.5) is 10.1 Å². The number of rotatable bonds is 3. The average molecular weight is 357 g/mol. The first-order valence-electron chi connectivity index (χ1n) is 5.92. The number of amides is 1. The maximum atomic E-state index is 13.6. The van der Waals surface area contributed by atoms with Gasteiger partial charge in [0, 0.05) is 38.6 Å². The Hall–Kier alpha value is -1.40. The molecule has 0 bridgehead atoms. The van der Waals surface area contributed by atoms with E-state index in [0.717, 1.165) is 9.35 Å². The lowest BCUT2D eigenvalue weighted by Gasteiger charge is -2.17. The molecule has 2 N–H and O–H groups in total. The van der Waals surface area contributed by atoms with Crippen molar-refractivity contribution < 1.29 is 9.18 Å². The highest BCUT2D eigenvalue weighted by atomic mass is 79.9. The molecule has 1 heterocycles. The smallest absolute Gasteiger partial charge is 0.254 e. The Bertz CT molecular complexity index is 633. The fraction of sp³-hybridized carbons (Fsp3) is 0.214. The highest BCUT2D eigenvalue weighted by molar-refractivity contribution is 9.10. The molecule has 6 heteroatoms. The number of nitrogens with two attached hydrogens (primary N) is 1. The number of hydrogen-bond donors (Lipinski definition) is 1. The van der Waals surface area contributed by atoms with Crippen LogP contribution in [0.5, 0.6) is 0 Å². The van der Waals surface area contributed by atoms with Crippen molar-refractivity contribution in [3.05, 3.63) is 49.9 Å². The average Bonchev–Trinajstić information content (AvgIpc) is 2.79. The van der Waals surface area contributed by atoms with Gasteiger partial charge in [0.05, 0.1) is 6.54 Å². The summed E-state index contributed by atoms with van der Waals surface area (Å²) < 4.78 is 14.6. The quantitative estimate of drug-likeness (QED) is 0.849. The molecule has 1 aromatic carbocycles. The fourth-order valence-corrected chi connectivity index (χ4v) is 3.29. The molecule has 0 saturated heterocycles. The van der Waals surface area contributed by atoms with E-state index < -0.39 is 5.82 Å². The van der Waals surface area contributed by atoms with E-state index in [4.69, 9.17) is 5.73 Å². The Balaban J connectivity index is 2.18. The van der Waals surface area contributed by atoms with Gasteiger partial charge in [-0.05, 0) is 41.1 Å². The zero-order valence-corrected chi connectivity index (χ0v) is 13.5. The zero-order valence-electron chi connectivity index (χ0n) is 11.1. The molecular weight excluding hydrogens is 343 g/mol. The van der Waals surface area contributed by atoms with Crippen molar-refractivity contribution in [2.45, 2.75) is 13.5 Å². The molecule has 0 saturated carbocycles. The van der Waals surface area contributed by atoms with Crippen LogP contribution in [0.15, 0.2) is 28.1 Å². The molecule has 0 aliphatic carbocycles. The van der Waals surface area contributed by atoms with Crippen LogP contribution in [-0.4, -0.2) is 17.9 Å². The Kier molecular flexibility index (Phi) is 4.45. The summed E-state index contributed by atoms with van der Waals surface area (Å²) in [4.78, 5) is 14.9. The van der Waals surface area contributed by atoms with Gasteiger partial charge in [-0.2, -0.15) is 0 Å². The maximum Gasteiger partial charge on any atom is 0.254 e. The molecule has 0 fully saturated rings. The van der Waals surface area contributed by atoms with Crippen LogP contribution in [0.1, 0.15) is 20.8 Å². The van der Waals surface area contributed by atoms with E-state index in [1.807, 2.05) is 11.4 Å². The van der Waals surface area contributed by atoms with E-state index in [0.29, 0.717) is 17.8 Å². The summed E-state index contributed by atoms with van der Waals surface area (Å²) in [5, 5.41) is 1.96. The number of carbonyl (C=O) groups excluding carboxylic acids is 1. The minimum Gasteiger partial charge on any atom is -0.398 e. The lowest BCUT2D eigenvalue weighted by atomic mass is 10.1.